The van der Waals surface area contributed by atoms with Crippen LogP contribution in [0, 0.1) is 0 Å². The molecule has 0 radical (unpaired) electrons. The van der Waals surface area contributed by atoms with Gasteiger partial charge in [0.1, 0.15) is 6.35 Å². The summed E-state index contributed by atoms with van der Waals surface area (Å²) < 4.78 is 34.1. The molecule has 0 aromatic carbocycles. The second-order valence-corrected chi connectivity index (χ2v) is 13.4. The maximum atomic E-state index is 12.3. The van der Waals surface area contributed by atoms with Gasteiger partial charge >= 0.3 is 7.60 Å². The van der Waals surface area contributed by atoms with Gasteiger partial charge in [0.2, 0.25) is 0 Å². The van der Waals surface area contributed by atoms with Crippen molar-refractivity contribution in [2.24, 2.45) is 0 Å². The lowest BCUT2D eigenvalue weighted by Gasteiger charge is -2.38. The number of rotatable bonds is 11. The van der Waals surface area contributed by atoms with Crippen molar-refractivity contribution in [2.45, 2.75) is 58.9 Å². The van der Waals surface area contributed by atoms with Crippen LogP contribution < -0.4 is 0 Å². The van der Waals surface area contributed by atoms with Crippen LogP contribution in [0.4, 0.5) is 0 Å². The Morgan fingerprint density at radius 1 is 1.14 bits per heavy atom. The monoisotopic (exact) mass is 356 g/mol. The number of aliphatic hydroxyl groups excluding tert-OH is 1. The molecule has 6 nitrogen and oxygen atoms in total. The van der Waals surface area contributed by atoms with E-state index in [-0.39, 0.29) is 24.6 Å². The van der Waals surface area contributed by atoms with Gasteiger partial charge in [0, 0.05) is 0 Å². The lowest BCUT2D eigenvalue weighted by molar-refractivity contribution is 0.0206. The van der Waals surface area contributed by atoms with E-state index in [1.54, 1.807) is 13.8 Å². The largest absolute Gasteiger partial charge is 0.409 e. The Hall–Kier alpha value is 0.247. The van der Waals surface area contributed by atoms with E-state index in [9.17, 15) is 9.67 Å². The fourth-order valence-electron chi connectivity index (χ4n) is 1.52. The van der Waals surface area contributed by atoms with Crippen molar-refractivity contribution in [1.82, 2.24) is 0 Å². The molecule has 0 bridgehead atoms. The number of hydrogen-bond donors (Lipinski definition) is 1. The molecular weight excluding hydrogens is 323 g/mol. The summed E-state index contributed by atoms with van der Waals surface area (Å²) in [5.41, 5.74) is 0. The highest BCUT2D eigenvalue weighted by Gasteiger charge is 2.39. The lowest BCUT2D eigenvalue weighted by atomic mass is 10.2. The molecule has 0 saturated carbocycles. The molecule has 0 saturated heterocycles. The number of ether oxygens (including phenoxy) is 1. The predicted molar refractivity (Wildman–Crippen MR) is 90.8 cm³/mol. The van der Waals surface area contributed by atoms with E-state index in [0.717, 1.165) is 0 Å². The summed E-state index contributed by atoms with van der Waals surface area (Å²) in [5, 5.41) is 9.52. The maximum absolute atomic E-state index is 12.3. The van der Waals surface area contributed by atoms with Crippen LogP contribution in [-0.4, -0.2) is 52.3 Å². The fraction of sp³-hybridized carbons (Fsp3) is 1.00. The van der Waals surface area contributed by atoms with Gasteiger partial charge in [0.15, 0.2) is 8.32 Å². The lowest BCUT2D eigenvalue weighted by Crippen LogP contribution is -2.46. The molecule has 1 unspecified atom stereocenters. The van der Waals surface area contributed by atoms with Crippen molar-refractivity contribution in [3.05, 3.63) is 0 Å². The van der Waals surface area contributed by atoms with E-state index in [1.807, 2.05) is 0 Å². The molecule has 0 heterocycles. The zero-order valence-electron chi connectivity index (χ0n) is 15.0. The maximum Gasteiger partial charge on any atom is 0.356 e. The SMILES string of the molecule is CCOP(=O)(COCC(CO)O[Si](C)(C)C(C)(C)C)OCC. The fourth-order valence-corrected chi connectivity index (χ4v) is 4.19. The summed E-state index contributed by atoms with van der Waals surface area (Å²) in [5.74, 6) is 0. The van der Waals surface area contributed by atoms with E-state index < -0.39 is 22.0 Å². The summed E-state index contributed by atoms with van der Waals surface area (Å²) >= 11 is 0. The first-order valence-electron chi connectivity index (χ1n) is 7.76. The van der Waals surface area contributed by atoms with Crippen molar-refractivity contribution in [1.29, 1.82) is 0 Å². The van der Waals surface area contributed by atoms with E-state index in [4.69, 9.17) is 18.2 Å². The van der Waals surface area contributed by atoms with Crippen molar-refractivity contribution < 1.29 is 27.9 Å². The van der Waals surface area contributed by atoms with Gasteiger partial charge in [0.25, 0.3) is 0 Å². The molecule has 0 aliphatic rings. The summed E-state index contributed by atoms with van der Waals surface area (Å²) in [4.78, 5) is 0. The van der Waals surface area contributed by atoms with Crippen molar-refractivity contribution in [3.63, 3.8) is 0 Å². The van der Waals surface area contributed by atoms with Crippen molar-refractivity contribution in [2.75, 3.05) is 32.8 Å². The molecule has 1 atom stereocenters. The third kappa shape index (κ3) is 7.68. The van der Waals surface area contributed by atoms with Crippen LogP contribution in [0.5, 0.6) is 0 Å². The summed E-state index contributed by atoms with van der Waals surface area (Å²) in [6, 6.07) is 0. The normalized spacial score (nSPS) is 15.1. The molecule has 0 spiro atoms. The van der Waals surface area contributed by atoms with Crippen LogP contribution in [0.2, 0.25) is 18.1 Å². The van der Waals surface area contributed by atoms with Crippen LogP contribution in [0.25, 0.3) is 0 Å². The molecule has 0 fully saturated rings. The van der Waals surface area contributed by atoms with E-state index in [0.29, 0.717) is 13.2 Å². The van der Waals surface area contributed by atoms with Gasteiger partial charge in [0.05, 0.1) is 32.5 Å². The van der Waals surface area contributed by atoms with Gasteiger partial charge in [-0.05, 0) is 32.0 Å². The zero-order valence-corrected chi connectivity index (χ0v) is 16.9. The number of aliphatic hydroxyl groups is 1. The van der Waals surface area contributed by atoms with E-state index in [2.05, 4.69) is 33.9 Å². The molecule has 134 valence electrons. The Morgan fingerprint density at radius 3 is 2.00 bits per heavy atom. The third-order valence-electron chi connectivity index (χ3n) is 3.68. The van der Waals surface area contributed by atoms with Gasteiger partial charge < -0.3 is 23.3 Å². The Bertz CT molecular complexity index is 346. The Morgan fingerprint density at radius 2 is 1.64 bits per heavy atom. The Balaban J connectivity index is 4.50. The van der Waals surface area contributed by atoms with Crippen molar-refractivity contribution in [3.8, 4) is 0 Å². The molecule has 0 aromatic rings. The smallest absolute Gasteiger partial charge is 0.356 e. The first kappa shape index (κ1) is 22.2. The topological polar surface area (TPSA) is 74.2 Å². The molecular formula is C14H33O6PSi. The van der Waals surface area contributed by atoms with Crippen LogP contribution in [0.3, 0.4) is 0 Å². The average molecular weight is 356 g/mol. The predicted octanol–water partition coefficient (Wildman–Crippen LogP) is 3.61. The third-order valence-corrected chi connectivity index (χ3v) is 10.0. The zero-order chi connectivity index (χ0) is 17.4. The summed E-state index contributed by atoms with van der Waals surface area (Å²) in [6.45, 7) is 14.7. The Labute approximate surface area is 136 Å². The van der Waals surface area contributed by atoms with Gasteiger partial charge in [-0.25, -0.2) is 0 Å². The van der Waals surface area contributed by atoms with Crippen LogP contribution in [-0.2, 0) is 22.8 Å². The summed E-state index contributed by atoms with van der Waals surface area (Å²) in [6.07, 6.45) is -0.566. The highest BCUT2D eigenvalue weighted by atomic mass is 31.2. The molecule has 0 aliphatic heterocycles. The molecule has 0 amide bonds. The minimum atomic E-state index is -3.22. The molecule has 22 heavy (non-hydrogen) atoms. The first-order chi connectivity index (χ1) is 10.0. The van der Waals surface area contributed by atoms with Crippen LogP contribution >= 0.6 is 7.60 Å². The van der Waals surface area contributed by atoms with Gasteiger partial charge in [-0.1, -0.05) is 20.8 Å². The standard InChI is InChI=1S/C14H33O6PSi/c1-8-18-21(16,19-9-2)12-17-11-13(10-15)20-22(6,7)14(3,4)5/h13,15H,8-12H2,1-7H3. The highest BCUT2D eigenvalue weighted by Crippen LogP contribution is 2.47. The van der Waals surface area contributed by atoms with Gasteiger partial charge in [-0.3, -0.25) is 4.57 Å². The van der Waals surface area contributed by atoms with Crippen molar-refractivity contribution >= 4 is 15.9 Å². The highest BCUT2D eigenvalue weighted by molar-refractivity contribution is 7.53. The van der Waals surface area contributed by atoms with Crippen LogP contribution in [0.15, 0.2) is 0 Å². The summed E-state index contributed by atoms with van der Waals surface area (Å²) in [7, 11) is -5.20. The quantitative estimate of drug-likeness (QED) is 0.450. The van der Waals surface area contributed by atoms with Gasteiger partial charge in [-0.15, -0.1) is 0 Å². The van der Waals surface area contributed by atoms with E-state index >= 15 is 0 Å². The minimum Gasteiger partial charge on any atom is -0.409 e. The molecule has 8 heteroatoms. The number of hydrogen-bond acceptors (Lipinski definition) is 6. The van der Waals surface area contributed by atoms with E-state index in [1.165, 1.54) is 0 Å². The van der Waals surface area contributed by atoms with Crippen LogP contribution in [0.1, 0.15) is 34.6 Å². The first-order valence-corrected chi connectivity index (χ1v) is 12.4. The minimum absolute atomic E-state index is 0.0480. The molecule has 0 aliphatic carbocycles. The second-order valence-electron chi connectivity index (χ2n) is 6.63. The Kier molecular flexibility index (Phi) is 9.63. The second kappa shape index (κ2) is 9.52. The van der Waals surface area contributed by atoms with Gasteiger partial charge in [-0.2, -0.15) is 0 Å². The molecule has 1 N–H and O–H groups in total. The molecule has 0 aromatic heterocycles. The average Bonchev–Trinajstić information content (AvgIpc) is 2.36. The molecule has 0 rings (SSSR count).